The van der Waals surface area contributed by atoms with Gasteiger partial charge in [-0.25, -0.2) is 0 Å². The van der Waals surface area contributed by atoms with E-state index in [0.717, 1.165) is 33.6 Å². The number of benzene rings is 1. The molecule has 3 rings (SSSR count). The van der Waals surface area contributed by atoms with Crippen LogP contribution >= 0.6 is 22.9 Å². The second-order valence-corrected chi connectivity index (χ2v) is 6.95. The van der Waals surface area contributed by atoms with Crippen molar-refractivity contribution in [3.63, 3.8) is 0 Å². The van der Waals surface area contributed by atoms with E-state index in [1.54, 1.807) is 11.3 Å². The predicted octanol–water partition coefficient (Wildman–Crippen LogP) is 4.48. The Morgan fingerprint density at radius 3 is 3.00 bits per heavy atom. The zero-order chi connectivity index (χ0) is 14.8. The van der Waals surface area contributed by atoms with Crippen molar-refractivity contribution in [1.29, 1.82) is 0 Å². The van der Waals surface area contributed by atoms with Gasteiger partial charge < -0.3 is 10.3 Å². The summed E-state index contributed by atoms with van der Waals surface area (Å²) in [6.45, 7) is 5.09. The minimum Gasteiger partial charge on any atom is -0.361 e. The Balaban J connectivity index is 1.70. The molecule has 0 atom stereocenters. The number of rotatable bonds is 5. The molecule has 21 heavy (non-hydrogen) atoms. The molecule has 0 saturated heterocycles. The molecule has 4 nitrogen and oxygen atoms in total. The van der Waals surface area contributed by atoms with Crippen molar-refractivity contribution < 1.29 is 0 Å². The van der Waals surface area contributed by atoms with Gasteiger partial charge in [0.2, 0.25) is 5.13 Å². The topological polar surface area (TPSA) is 53.6 Å². The zero-order valence-corrected chi connectivity index (χ0v) is 13.6. The Labute approximate surface area is 132 Å². The lowest BCUT2D eigenvalue weighted by Gasteiger charge is -2.01. The van der Waals surface area contributed by atoms with Gasteiger partial charge in [-0.3, -0.25) is 0 Å². The van der Waals surface area contributed by atoms with Gasteiger partial charge in [0.05, 0.1) is 0 Å². The summed E-state index contributed by atoms with van der Waals surface area (Å²) in [4.78, 5) is 3.24. The highest BCUT2D eigenvalue weighted by atomic mass is 35.5. The Hall–Kier alpha value is -1.59. The van der Waals surface area contributed by atoms with E-state index in [9.17, 15) is 0 Å². The fourth-order valence-corrected chi connectivity index (χ4v) is 3.35. The van der Waals surface area contributed by atoms with Gasteiger partial charge in [0, 0.05) is 35.1 Å². The molecule has 0 amide bonds. The van der Waals surface area contributed by atoms with Gasteiger partial charge in [0.15, 0.2) is 0 Å². The standard InChI is InChI=1S/C15H17ClN4S/c1-9(2)5-14-19-20-15(21-14)18-8-10-7-17-13-6-11(16)3-4-12(10)13/h3-4,6-7,9,17H,5,8H2,1-2H3,(H,18,20). The number of aromatic nitrogens is 3. The van der Waals surface area contributed by atoms with Crippen molar-refractivity contribution >= 4 is 39.0 Å². The summed E-state index contributed by atoms with van der Waals surface area (Å²) in [7, 11) is 0. The van der Waals surface area contributed by atoms with Crippen LogP contribution in [0.5, 0.6) is 0 Å². The minimum atomic E-state index is 0.601. The molecule has 2 N–H and O–H groups in total. The first-order valence-electron chi connectivity index (χ1n) is 6.93. The first-order valence-corrected chi connectivity index (χ1v) is 8.13. The van der Waals surface area contributed by atoms with Gasteiger partial charge in [-0.2, -0.15) is 0 Å². The molecule has 2 aromatic heterocycles. The summed E-state index contributed by atoms with van der Waals surface area (Å²) in [6, 6.07) is 5.88. The fraction of sp³-hybridized carbons (Fsp3) is 0.333. The lowest BCUT2D eigenvalue weighted by molar-refractivity contribution is 0.640. The van der Waals surface area contributed by atoms with Crippen molar-refractivity contribution in [2.45, 2.75) is 26.8 Å². The first kappa shape index (κ1) is 14.4. The van der Waals surface area contributed by atoms with Crippen LogP contribution in [0.15, 0.2) is 24.4 Å². The summed E-state index contributed by atoms with van der Waals surface area (Å²) in [5.74, 6) is 0.601. The number of nitrogens with zero attached hydrogens (tertiary/aromatic N) is 2. The normalized spacial score (nSPS) is 11.4. The Kier molecular flexibility index (Phi) is 4.12. The largest absolute Gasteiger partial charge is 0.361 e. The van der Waals surface area contributed by atoms with E-state index in [1.165, 1.54) is 10.9 Å². The summed E-state index contributed by atoms with van der Waals surface area (Å²) in [5, 5.41) is 15.6. The minimum absolute atomic E-state index is 0.601. The highest BCUT2D eigenvalue weighted by Gasteiger charge is 2.08. The predicted molar refractivity (Wildman–Crippen MR) is 89.1 cm³/mol. The molecule has 0 unspecified atom stereocenters. The van der Waals surface area contributed by atoms with Gasteiger partial charge in [-0.15, -0.1) is 10.2 Å². The second kappa shape index (κ2) is 6.03. The van der Waals surface area contributed by atoms with Crippen LogP contribution in [-0.2, 0) is 13.0 Å². The molecular weight excluding hydrogens is 304 g/mol. The van der Waals surface area contributed by atoms with Crippen LogP contribution in [0.3, 0.4) is 0 Å². The number of aromatic amines is 1. The average Bonchev–Trinajstić information content (AvgIpc) is 3.02. The highest BCUT2D eigenvalue weighted by molar-refractivity contribution is 7.15. The molecule has 0 aliphatic carbocycles. The summed E-state index contributed by atoms with van der Waals surface area (Å²) >= 11 is 7.62. The second-order valence-electron chi connectivity index (χ2n) is 5.46. The molecule has 1 aromatic carbocycles. The van der Waals surface area contributed by atoms with E-state index in [-0.39, 0.29) is 0 Å². The van der Waals surface area contributed by atoms with E-state index in [0.29, 0.717) is 5.92 Å². The first-order chi connectivity index (χ1) is 10.1. The molecule has 3 aromatic rings. The van der Waals surface area contributed by atoms with E-state index < -0.39 is 0 Å². The van der Waals surface area contributed by atoms with Crippen LogP contribution in [0, 0.1) is 5.92 Å². The lowest BCUT2D eigenvalue weighted by atomic mass is 10.1. The third-order valence-corrected chi connectivity index (χ3v) is 4.35. The van der Waals surface area contributed by atoms with Crippen LogP contribution in [-0.4, -0.2) is 15.2 Å². The Morgan fingerprint density at radius 2 is 2.19 bits per heavy atom. The number of H-pyrrole nitrogens is 1. The number of halogens is 1. The average molecular weight is 321 g/mol. The molecule has 0 spiro atoms. The lowest BCUT2D eigenvalue weighted by Crippen LogP contribution is -1.97. The maximum absolute atomic E-state index is 5.99. The maximum atomic E-state index is 5.99. The van der Waals surface area contributed by atoms with Gasteiger partial charge in [0.1, 0.15) is 5.01 Å². The Bertz CT molecular complexity index is 747. The van der Waals surface area contributed by atoms with Crippen LogP contribution < -0.4 is 5.32 Å². The summed E-state index contributed by atoms with van der Waals surface area (Å²) < 4.78 is 0. The number of fused-ring (bicyclic) bond motifs is 1. The van der Waals surface area contributed by atoms with Crippen molar-refractivity contribution in [3.05, 3.63) is 40.0 Å². The molecular formula is C15H17ClN4S. The van der Waals surface area contributed by atoms with E-state index >= 15 is 0 Å². The van der Waals surface area contributed by atoms with Crippen LogP contribution in [0.4, 0.5) is 5.13 Å². The van der Waals surface area contributed by atoms with Crippen LogP contribution in [0.2, 0.25) is 5.02 Å². The Morgan fingerprint density at radius 1 is 1.33 bits per heavy atom. The monoisotopic (exact) mass is 320 g/mol. The smallest absolute Gasteiger partial charge is 0.205 e. The molecule has 0 bridgehead atoms. The molecule has 0 radical (unpaired) electrons. The maximum Gasteiger partial charge on any atom is 0.205 e. The van der Waals surface area contributed by atoms with Crippen LogP contribution in [0.1, 0.15) is 24.4 Å². The van der Waals surface area contributed by atoms with Crippen molar-refractivity contribution in [2.75, 3.05) is 5.32 Å². The van der Waals surface area contributed by atoms with Crippen molar-refractivity contribution in [2.24, 2.45) is 5.92 Å². The summed E-state index contributed by atoms with van der Waals surface area (Å²) in [6.07, 6.45) is 2.98. The van der Waals surface area contributed by atoms with E-state index in [1.807, 2.05) is 24.4 Å². The molecule has 110 valence electrons. The number of nitrogens with one attached hydrogen (secondary N) is 2. The summed E-state index contributed by atoms with van der Waals surface area (Å²) in [5.41, 5.74) is 2.25. The highest BCUT2D eigenvalue weighted by Crippen LogP contribution is 2.24. The van der Waals surface area contributed by atoms with Gasteiger partial charge in [0.25, 0.3) is 0 Å². The van der Waals surface area contributed by atoms with Gasteiger partial charge in [-0.1, -0.05) is 42.9 Å². The zero-order valence-electron chi connectivity index (χ0n) is 12.0. The van der Waals surface area contributed by atoms with Gasteiger partial charge >= 0.3 is 0 Å². The number of hydrogen-bond acceptors (Lipinski definition) is 4. The fourth-order valence-electron chi connectivity index (χ4n) is 2.23. The quantitative estimate of drug-likeness (QED) is 0.728. The molecule has 0 aliphatic rings. The van der Waals surface area contributed by atoms with Crippen molar-refractivity contribution in [3.8, 4) is 0 Å². The van der Waals surface area contributed by atoms with Gasteiger partial charge in [-0.05, 0) is 23.6 Å². The van der Waals surface area contributed by atoms with Crippen molar-refractivity contribution in [1.82, 2.24) is 15.2 Å². The molecule has 0 aliphatic heterocycles. The molecule has 0 saturated carbocycles. The SMILES string of the molecule is CC(C)Cc1nnc(NCc2c[nH]c3cc(Cl)ccc23)s1. The molecule has 2 heterocycles. The number of anilines is 1. The molecule has 0 fully saturated rings. The van der Waals surface area contributed by atoms with Crippen LogP contribution in [0.25, 0.3) is 10.9 Å². The van der Waals surface area contributed by atoms with E-state index in [2.05, 4.69) is 34.3 Å². The third kappa shape index (κ3) is 3.36. The van der Waals surface area contributed by atoms with E-state index in [4.69, 9.17) is 11.6 Å². The number of hydrogen-bond donors (Lipinski definition) is 2. The third-order valence-electron chi connectivity index (χ3n) is 3.21. The molecule has 6 heteroatoms.